The van der Waals surface area contributed by atoms with Crippen molar-refractivity contribution in [1.29, 1.82) is 5.26 Å². The minimum absolute atomic E-state index is 0.176. The number of halogens is 2. The average Bonchev–Trinajstić information content (AvgIpc) is 2.04. The summed E-state index contributed by atoms with van der Waals surface area (Å²) in [6.45, 7) is -0.176. The predicted octanol–water partition coefficient (Wildman–Crippen LogP) is 1.37. The number of hydrogen-bond acceptors (Lipinski definition) is 2. The van der Waals surface area contributed by atoms with Crippen LogP contribution in [0, 0.1) is 23.0 Å². The molecule has 13 heavy (non-hydrogen) atoms. The van der Waals surface area contributed by atoms with Gasteiger partial charge < -0.3 is 5.11 Å². The highest BCUT2D eigenvalue weighted by molar-refractivity contribution is 5.35. The van der Waals surface area contributed by atoms with Crippen molar-refractivity contribution in [3.8, 4) is 6.07 Å². The van der Waals surface area contributed by atoms with Crippen LogP contribution in [0.15, 0.2) is 12.1 Å². The highest BCUT2D eigenvalue weighted by atomic mass is 19.1. The summed E-state index contributed by atoms with van der Waals surface area (Å²) >= 11 is 0. The molecular weight excluding hydrogens is 176 g/mol. The minimum atomic E-state index is -0.883. The molecule has 0 heterocycles. The molecule has 0 unspecified atom stereocenters. The molecule has 1 aromatic carbocycles. The molecule has 0 radical (unpaired) electrons. The molecule has 1 aromatic rings. The van der Waals surface area contributed by atoms with E-state index < -0.39 is 17.2 Å². The van der Waals surface area contributed by atoms with E-state index in [2.05, 4.69) is 0 Å². The highest BCUT2D eigenvalue weighted by Gasteiger charge is 2.09. The third-order valence-corrected chi connectivity index (χ3v) is 1.61. The van der Waals surface area contributed by atoms with Crippen LogP contribution < -0.4 is 0 Å². The molecule has 0 saturated carbocycles. The van der Waals surface area contributed by atoms with Gasteiger partial charge in [-0.3, -0.25) is 0 Å². The molecule has 0 atom stereocenters. The summed E-state index contributed by atoms with van der Waals surface area (Å²) in [5.41, 5.74) is -0.238. The van der Waals surface area contributed by atoms with Crippen LogP contribution in [0.1, 0.15) is 11.1 Å². The summed E-state index contributed by atoms with van der Waals surface area (Å²) in [7, 11) is 0. The van der Waals surface area contributed by atoms with Crippen LogP contribution in [0.2, 0.25) is 0 Å². The quantitative estimate of drug-likeness (QED) is 0.752. The van der Waals surface area contributed by atoms with Crippen molar-refractivity contribution in [3.05, 3.63) is 34.9 Å². The Morgan fingerprint density at radius 2 is 1.85 bits per heavy atom. The van der Waals surface area contributed by atoms with E-state index in [4.69, 9.17) is 10.4 Å². The molecule has 2 nitrogen and oxygen atoms in total. The number of aliphatic hydroxyl groups is 1. The first kappa shape index (κ1) is 9.62. The van der Waals surface area contributed by atoms with Crippen molar-refractivity contribution in [2.45, 2.75) is 6.42 Å². The molecule has 0 fully saturated rings. The maximum Gasteiger partial charge on any atom is 0.144 e. The van der Waals surface area contributed by atoms with Gasteiger partial charge in [0.2, 0.25) is 0 Å². The molecule has 0 aliphatic heterocycles. The van der Waals surface area contributed by atoms with E-state index in [-0.39, 0.29) is 13.0 Å². The Hall–Kier alpha value is -1.47. The lowest BCUT2D eigenvalue weighted by molar-refractivity contribution is 0.299. The topological polar surface area (TPSA) is 44.0 Å². The van der Waals surface area contributed by atoms with Crippen LogP contribution in [0.4, 0.5) is 8.78 Å². The van der Waals surface area contributed by atoms with Crippen molar-refractivity contribution >= 4 is 0 Å². The average molecular weight is 183 g/mol. The Morgan fingerprint density at radius 3 is 2.23 bits per heavy atom. The molecule has 0 bridgehead atoms. The van der Waals surface area contributed by atoms with E-state index in [9.17, 15) is 8.78 Å². The van der Waals surface area contributed by atoms with E-state index in [1.54, 1.807) is 0 Å². The zero-order valence-electron chi connectivity index (χ0n) is 6.72. The van der Waals surface area contributed by atoms with Crippen molar-refractivity contribution in [2.75, 3.05) is 6.61 Å². The smallest absolute Gasteiger partial charge is 0.144 e. The molecule has 0 aliphatic carbocycles. The second-order valence-corrected chi connectivity index (χ2v) is 2.52. The molecule has 1 N–H and O–H groups in total. The molecule has 0 aliphatic rings. The van der Waals surface area contributed by atoms with Gasteiger partial charge in [0.1, 0.15) is 23.3 Å². The zero-order chi connectivity index (χ0) is 9.84. The van der Waals surface area contributed by atoms with Crippen LogP contribution >= 0.6 is 0 Å². The predicted molar refractivity (Wildman–Crippen MR) is 41.9 cm³/mol. The van der Waals surface area contributed by atoms with Crippen LogP contribution in [-0.2, 0) is 6.42 Å². The van der Waals surface area contributed by atoms with Gasteiger partial charge in [0.25, 0.3) is 0 Å². The van der Waals surface area contributed by atoms with Crippen molar-refractivity contribution in [1.82, 2.24) is 0 Å². The number of nitriles is 1. The summed E-state index contributed by atoms with van der Waals surface area (Å²) < 4.78 is 25.8. The fourth-order valence-electron chi connectivity index (χ4n) is 1.01. The van der Waals surface area contributed by atoms with Crippen LogP contribution in [0.3, 0.4) is 0 Å². The summed E-state index contributed by atoms with van der Waals surface area (Å²) in [5, 5.41) is 16.9. The summed E-state index contributed by atoms with van der Waals surface area (Å²) in [4.78, 5) is 0. The monoisotopic (exact) mass is 183 g/mol. The van der Waals surface area contributed by atoms with Crippen LogP contribution in [0.25, 0.3) is 0 Å². The number of aliphatic hydroxyl groups excluding tert-OH is 1. The van der Waals surface area contributed by atoms with Gasteiger partial charge in [0.15, 0.2) is 0 Å². The van der Waals surface area contributed by atoms with Crippen molar-refractivity contribution < 1.29 is 13.9 Å². The maximum atomic E-state index is 12.9. The third kappa shape index (κ3) is 2.01. The van der Waals surface area contributed by atoms with Crippen LogP contribution in [-0.4, -0.2) is 11.7 Å². The molecule has 68 valence electrons. The number of hydrogen-bond donors (Lipinski definition) is 1. The Morgan fingerprint density at radius 1 is 1.31 bits per heavy atom. The van der Waals surface area contributed by atoms with Gasteiger partial charge in [-0.25, -0.2) is 8.78 Å². The first-order valence-electron chi connectivity index (χ1n) is 3.68. The Labute approximate surface area is 74.0 Å². The third-order valence-electron chi connectivity index (χ3n) is 1.61. The Bertz CT molecular complexity index is 334. The summed E-state index contributed by atoms with van der Waals surface area (Å²) in [6.07, 6.45) is 0.180. The summed E-state index contributed by atoms with van der Waals surface area (Å²) in [5.74, 6) is -1.77. The maximum absolute atomic E-state index is 12.9. The molecule has 0 saturated heterocycles. The molecule has 0 amide bonds. The van der Waals surface area contributed by atoms with Crippen molar-refractivity contribution in [3.63, 3.8) is 0 Å². The number of rotatable bonds is 2. The first-order valence-corrected chi connectivity index (χ1v) is 3.68. The van der Waals surface area contributed by atoms with E-state index in [1.165, 1.54) is 6.07 Å². The van der Waals surface area contributed by atoms with Gasteiger partial charge in [-0.15, -0.1) is 0 Å². The summed E-state index contributed by atoms with van der Waals surface area (Å²) in [6, 6.07) is 3.53. The normalized spacial score (nSPS) is 9.69. The van der Waals surface area contributed by atoms with Gasteiger partial charge in [-0.1, -0.05) is 0 Å². The fraction of sp³-hybridized carbons (Fsp3) is 0.222. The molecule has 0 aromatic heterocycles. The molecular formula is C9H7F2NO. The van der Waals surface area contributed by atoms with Gasteiger partial charge in [-0.05, 0) is 24.1 Å². The van der Waals surface area contributed by atoms with Crippen LogP contribution in [0.5, 0.6) is 0 Å². The Balaban J connectivity index is 3.14. The van der Waals surface area contributed by atoms with Gasteiger partial charge >= 0.3 is 0 Å². The van der Waals surface area contributed by atoms with E-state index in [1.807, 2.05) is 0 Å². The molecule has 1 rings (SSSR count). The SMILES string of the molecule is N#Cc1c(F)cc(CCO)cc1F. The number of benzene rings is 1. The van der Waals surface area contributed by atoms with E-state index in [0.29, 0.717) is 5.56 Å². The lowest BCUT2D eigenvalue weighted by atomic mass is 10.1. The van der Waals surface area contributed by atoms with Gasteiger partial charge in [0.05, 0.1) is 0 Å². The second kappa shape index (κ2) is 3.97. The molecule has 0 spiro atoms. The van der Waals surface area contributed by atoms with Crippen molar-refractivity contribution in [2.24, 2.45) is 0 Å². The lowest BCUT2D eigenvalue weighted by Gasteiger charge is -2.00. The highest BCUT2D eigenvalue weighted by Crippen LogP contribution is 2.14. The Kier molecular flexibility index (Phi) is 2.93. The van der Waals surface area contributed by atoms with Gasteiger partial charge in [-0.2, -0.15) is 5.26 Å². The standard InChI is InChI=1S/C9H7F2NO/c10-8-3-6(1-2-13)4-9(11)7(8)5-12/h3-4,13H,1-2H2. The zero-order valence-corrected chi connectivity index (χ0v) is 6.72. The van der Waals surface area contributed by atoms with E-state index >= 15 is 0 Å². The number of nitrogens with zero attached hydrogens (tertiary/aromatic N) is 1. The fourth-order valence-corrected chi connectivity index (χ4v) is 1.01. The second-order valence-electron chi connectivity index (χ2n) is 2.52. The van der Waals surface area contributed by atoms with E-state index in [0.717, 1.165) is 12.1 Å². The largest absolute Gasteiger partial charge is 0.396 e. The molecule has 4 heteroatoms. The minimum Gasteiger partial charge on any atom is -0.396 e. The van der Waals surface area contributed by atoms with Gasteiger partial charge in [0, 0.05) is 6.61 Å². The first-order chi connectivity index (χ1) is 6.19. The lowest BCUT2D eigenvalue weighted by Crippen LogP contribution is -1.97.